The molecule has 4 heteroatoms. The van der Waals surface area contributed by atoms with Gasteiger partial charge in [-0.25, -0.2) is 9.97 Å². The lowest BCUT2D eigenvalue weighted by molar-refractivity contribution is 0.435. The van der Waals surface area contributed by atoms with E-state index in [4.69, 9.17) is 0 Å². The van der Waals surface area contributed by atoms with Gasteiger partial charge in [-0.15, -0.1) is 0 Å². The molecule has 0 amide bonds. The number of rotatable bonds is 6. The highest BCUT2D eigenvalue weighted by molar-refractivity contribution is 5.30. The van der Waals surface area contributed by atoms with Crippen molar-refractivity contribution in [1.82, 2.24) is 15.3 Å². The summed E-state index contributed by atoms with van der Waals surface area (Å²) in [7, 11) is 0. The van der Waals surface area contributed by atoms with Gasteiger partial charge in [-0.3, -0.25) is 0 Å². The summed E-state index contributed by atoms with van der Waals surface area (Å²) in [4.78, 5) is 11.4. The number of nitrogens with zero attached hydrogens (tertiary/aromatic N) is 3. The minimum atomic E-state index is 0.857. The number of aromatic nitrogens is 2. The molecule has 1 aliphatic rings. The van der Waals surface area contributed by atoms with Crippen molar-refractivity contribution >= 4 is 5.95 Å². The Hall–Kier alpha value is -1.16. The maximum absolute atomic E-state index is 4.54. The molecule has 0 spiro atoms. The van der Waals surface area contributed by atoms with Crippen molar-refractivity contribution in [3.8, 4) is 0 Å². The first-order chi connectivity index (χ1) is 9.83. The van der Waals surface area contributed by atoms with Crippen LogP contribution in [0.3, 0.4) is 0 Å². The molecule has 1 unspecified atom stereocenters. The summed E-state index contributed by atoms with van der Waals surface area (Å²) in [5.41, 5.74) is 1.16. The summed E-state index contributed by atoms with van der Waals surface area (Å²) in [6.07, 6.45) is 10.5. The minimum absolute atomic E-state index is 0.857. The van der Waals surface area contributed by atoms with Gasteiger partial charge in [0.05, 0.1) is 0 Å². The Morgan fingerprint density at radius 3 is 2.70 bits per heavy atom. The second kappa shape index (κ2) is 8.20. The fourth-order valence-corrected chi connectivity index (χ4v) is 2.93. The van der Waals surface area contributed by atoms with E-state index in [1.54, 1.807) is 0 Å². The van der Waals surface area contributed by atoms with Gasteiger partial charge >= 0.3 is 0 Å². The van der Waals surface area contributed by atoms with Crippen LogP contribution in [-0.4, -0.2) is 29.6 Å². The van der Waals surface area contributed by atoms with Crippen LogP contribution >= 0.6 is 0 Å². The van der Waals surface area contributed by atoms with Crippen LogP contribution in [0.5, 0.6) is 0 Å². The van der Waals surface area contributed by atoms with Crippen LogP contribution in [0.2, 0.25) is 0 Å². The average Bonchev–Trinajstić information content (AvgIpc) is 2.72. The topological polar surface area (TPSA) is 41.1 Å². The molecule has 0 aromatic carbocycles. The van der Waals surface area contributed by atoms with E-state index < -0.39 is 0 Å². The van der Waals surface area contributed by atoms with Gasteiger partial charge in [0.2, 0.25) is 5.95 Å². The zero-order chi connectivity index (χ0) is 14.2. The number of anilines is 1. The van der Waals surface area contributed by atoms with Crippen molar-refractivity contribution in [3.63, 3.8) is 0 Å². The Bertz CT molecular complexity index is 377. The van der Waals surface area contributed by atoms with E-state index in [1.165, 1.54) is 32.1 Å². The molecule has 4 nitrogen and oxygen atoms in total. The van der Waals surface area contributed by atoms with E-state index in [1.807, 2.05) is 12.4 Å². The Kier molecular flexibility index (Phi) is 6.25. The first-order valence-corrected chi connectivity index (χ1v) is 8.10. The molecule has 2 heterocycles. The predicted molar refractivity (Wildman–Crippen MR) is 83.9 cm³/mol. The van der Waals surface area contributed by atoms with Crippen LogP contribution in [0.4, 0.5) is 5.95 Å². The van der Waals surface area contributed by atoms with E-state index in [0.29, 0.717) is 0 Å². The van der Waals surface area contributed by atoms with Crippen molar-refractivity contribution < 1.29 is 0 Å². The van der Waals surface area contributed by atoms with Gasteiger partial charge in [-0.05, 0) is 31.7 Å². The lowest BCUT2D eigenvalue weighted by Crippen LogP contribution is -2.26. The number of nitrogens with one attached hydrogen (secondary N) is 1. The van der Waals surface area contributed by atoms with E-state index in [-0.39, 0.29) is 0 Å². The molecule has 112 valence electrons. The largest absolute Gasteiger partial charge is 0.341 e. The first kappa shape index (κ1) is 15.2. The van der Waals surface area contributed by atoms with Crippen molar-refractivity contribution in [2.75, 3.05) is 24.5 Å². The molecule has 0 saturated carbocycles. The summed E-state index contributed by atoms with van der Waals surface area (Å²) < 4.78 is 0. The van der Waals surface area contributed by atoms with Gasteiger partial charge in [-0.1, -0.05) is 26.7 Å². The van der Waals surface area contributed by atoms with Crippen molar-refractivity contribution in [2.24, 2.45) is 5.92 Å². The third kappa shape index (κ3) is 4.44. The monoisotopic (exact) mass is 276 g/mol. The van der Waals surface area contributed by atoms with Gasteiger partial charge in [0, 0.05) is 37.6 Å². The molecule has 1 N–H and O–H groups in total. The third-order valence-corrected chi connectivity index (χ3v) is 4.10. The molecule has 0 bridgehead atoms. The van der Waals surface area contributed by atoms with Crippen LogP contribution in [0, 0.1) is 5.92 Å². The molecule has 2 rings (SSSR count). The Morgan fingerprint density at radius 2 is 2.00 bits per heavy atom. The van der Waals surface area contributed by atoms with Crippen LogP contribution < -0.4 is 10.2 Å². The van der Waals surface area contributed by atoms with E-state index in [9.17, 15) is 0 Å². The van der Waals surface area contributed by atoms with Crippen LogP contribution in [0.25, 0.3) is 0 Å². The Labute approximate surface area is 123 Å². The molecule has 1 atom stereocenters. The highest BCUT2D eigenvalue weighted by Crippen LogP contribution is 2.23. The minimum Gasteiger partial charge on any atom is -0.341 e. The van der Waals surface area contributed by atoms with E-state index in [2.05, 4.69) is 34.0 Å². The maximum Gasteiger partial charge on any atom is 0.225 e. The van der Waals surface area contributed by atoms with Gasteiger partial charge < -0.3 is 10.2 Å². The molecule has 1 aromatic heterocycles. The van der Waals surface area contributed by atoms with Gasteiger partial charge in [0.1, 0.15) is 0 Å². The van der Waals surface area contributed by atoms with Crippen molar-refractivity contribution in [3.05, 3.63) is 18.0 Å². The standard InChI is InChI=1S/C16H28N4/c1-3-6-14-7-5-9-20(10-8-14)16-18-12-15(13-19-16)11-17-4-2/h12-14,17H,3-11H2,1-2H3. The van der Waals surface area contributed by atoms with Crippen LogP contribution in [0.1, 0.15) is 51.5 Å². The van der Waals surface area contributed by atoms with E-state index >= 15 is 0 Å². The summed E-state index contributed by atoms with van der Waals surface area (Å²) in [6.45, 7) is 8.44. The lowest BCUT2D eigenvalue weighted by atomic mass is 9.96. The average molecular weight is 276 g/mol. The zero-order valence-electron chi connectivity index (χ0n) is 12.9. The quantitative estimate of drug-likeness (QED) is 0.867. The lowest BCUT2D eigenvalue weighted by Gasteiger charge is -2.20. The second-order valence-electron chi connectivity index (χ2n) is 5.74. The van der Waals surface area contributed by atoms with Crippen molar-refractivity contribution in [1.29, 1.82) is 0 Å². The predicted octanol–water partition coefficient (Wildman–Crippen LogP) is 2.99. The van der Waals surface area contributed by atoms with E-state index in [0.717, 1.165) is 43.6 Å². The van der Waals surface area contributed by atoms with Gasteiger partial charge in [0.15, 0.2) is 0 Å². The summed E-state index contributed by atoms with van der Waals surface area (Å²) in [5.74, 6) is 1.81. The Morgan fingerprint density at radius 1 is 1.20 bits per heavy atom. The molecule has 20 heavy (non-hydrogen) atoms. The summed E-state index contributed by atoms with van der Waals surface area (Å²) >= 11 is 0. The fraction of sp³-hybridized carbons (Fsp3) is 0.750. The van der Waals surface area contributed by atoms with Crippen LogP contribution in [0.15, 0.2) is 12.4 Å². The molecule has 1 fully saturated rings. The molecule has 0 aliphatic carbocycles. The summed E-state index contributed by atoms with van der Waals surface area (Å²) in [5, 5.41) is 3.30. The zero-order valence-corrected chi connectivity index (χ0v) is 12.9. The summed E-state index contributed by atoms with van der Waals surface area (Å²) in [6, 6.07) is 0. The second-order valence-corrected chi connectivity index (χ2v) is 5.74. The normalized spacial score (nSPS) is 19.9. The molecule has 1 saturated heterocycles. The highest BCUT2D eigenvalue weighted by Gasteiger charge is 2.18. The number of hydrogen-bond acceptors (Lipinski definition) is 4. The molecule has 1 aliphatic heterocycles. The third-order valence-electron chi connectivity index (χ3n) is 4.10. The Balaban J connectivity index is 1.90. The van der Waals surface area contributed by atoms with Gasteiger partial charge in [0.25, 0.3) is 0 Å². The van der Waals surface area contributed by atoms with Gasteiger partial charge in [-0.2, -0.15) is 0 Å². The molecular weight excluding hydrogens is 248 g/mol. The molecular formula is C16H28N4. The first-order valence-electron chi connectivity index (χ1n) is 8.10. The van der Waals surface area contributed by atoms with Crippen molar-refractivity contribution in [2.45, 2.75) is 52.5 Å². The smallest absolute Gasteiger partial charge is 0.225 e. The molecule has 0 radical (unpaired) electrons. The maximum atomic E-state index is 4.54. The SMILES string of the molecule is CCCC1CCCN(c2ncc(CNCC)cn2)CC1. The van der Waals surface area contributed by atoms with Crippen LogP contribution in [-0.2, 0) is 6.54 Å². The highest BCUT2D eigenvalue weighted by atomic mass is 15.2. The fourth-order valence-electron chi connectivity index (χ4n) is 2.93. The molecule has 1 aromatic rings. The number of hydrogen-bond donors (Lipinski definition) is 1.